The SMILES string of the molecule is CCOC(=O)C1=C(C)N=c2s/c(=C\c3ccc(OCc4ccc(F)cc4)c(Br)c3)c(=O)n2[C@@H]1c1c(OC)ccc2ccccc12. The van der Waals surface area contributed by atoms with Crippen molar-refractivity contribution < 1.29 is 23.4 Å². The molecule has 2 heterocycles. The van der Waals surface area contributed by atoms with Crippen LogP contribution in [0.2, 0.25) is 0 Å². The van der Waals surface area contributed by atoms with Crippen LogP contribution in [0.15, 0.2) is 104 Å². The van der Waals surface area contributed by atoms with Crippen molar-refractivity contribution >= 4 is 50.1 Å². The first kappa shape index (κ1) is 30.5. The third-order valence-corrected chi connectivity index (χ3v) is 9.11. The molecular weight excluding hydrogens is 659 g/mol. The molecule has 0 saturated carbocycles. The number of carbonyl (C=O) groups is 1. The number of esters is 1. The largest absolute Gasteiger partial charge is 0.496 e. The number of fused-ring (bicyclic) bond motifs is 2. The fraction of sp³-hybridized carbons (Fsp3) is 0.171. The first-order chi connectivity index (χ1) is 21.8. The summed E-state index contributed by atoms with van der Waals surface area (Å²) >= 11 is 4.82. The van der Waals surface area contributed by atoms with Gasteiger partial charge in [0, 0.05) is 5.56 Å². The lowest BCUT2D eigenvalue weighted by Crippen LogP contribution is -2.40. The molecular formula is C35H28BrFN2O5S. The maximum absolute atomic E-state index is 14.2. The van der Waals surface area contributed by atoms with Crippen molar-refractivity contribution in [1.29, 1.82) is 0 Å². The second-order valence-electron chi connectivity index (χ2n) is 10.3. The molecule has 4 aromatic carbocycles. The first-order valence-electron chi connectivity index (χ1n) is 14.2. The summed E-state index contributed by atoms with van der Waals surface area (Å²) in [4.78, 5) is 32.8. The Bertz CT molecular complexity index is 2150. The molecule has 1 aromatic heterocycles. The van der Waals surface area contributed by atoms with Gasteiger partial charge in [0.25, 0.3) is 5.56 Å². The Morgan fingerprint density at radius 3 is 2.56 bits per heavy atom. The number of carbonyl (C=O) groups excluding carboxylic acids is 1. The number of nitrogens with zero attached hydrogens (tertiary/aromatic N) is 2. The highest BCUT2D eigenvalue weighted by Crippen LogP contribution is 2.40. The van der Waals surface area contributed by atoms with Gasteiger partial charge >= 0.3 is 5.97 Å². The average molecular weight is 688 g/mol. The van der Waals surface area contributed by atoms with Crippen molar-refractivity contribution in [3.05, 3.63) is 137 Å². The van der Waals surface area contributed by atoms with E-state index in [4.69, 9.17) is 19.2 Å². The van der Waals surface area contributed by atoms with Gasteiger partial charge in [0.2, 0.25) is 0 Å². The number of benzene rings is 4. The summed E-state index contributed by atoms with van der Waals surface area (Å²) in [5.41, 5.74) is 2.76. The van der Waals surface area contributed by atoms with Gasteiger partial charge < -0.3 is 14.2 Å². The molecule has 0 aliphatic carbocycles. The molecule has 1 aliphatic rings. The van der Waals surface area contributed by atoms with Crippen LogP contribution < -0.4 is 24.4 Å². The van der Waals surface area contributed by atoms with E-state index < -0.39 is 12.0 Å². The molecule has 1 atom stereocenters. The third kappa shape index (κ3) is 5.95. The van der Waals surface area contributed by atoms with Crippen LogP contribution in [0.25, 0.3) is 16.8 Å². The van der Waals surface area contributed by atoms with Crippen LogP contribution in [0.1, 0.15) is 36.6 Å². The van der Waals surface area contributed by atoms with Crippen LogP contribution in [0.5, 0.6) is 11.5 Å². The van der Waals surface area contributed by atoms with Gasteiger partial charge in [-0.15, -0.1) is 0 Å². The number of hydrogen-bond donors (Lipinski definition) is 0. The van der Waals surface area contributed by atoms with E-state index in [1.807, 2.05) is 54.6 Å². The molecule has 0 radical (unpaired) electrons. The fourth-order valence-electron chi connectivity index (χ4n) is 5.42. The second kappa shape index (κ2) is 12.8. The van der Waals surface area contributed by atoms with Crippen LogP contribution in [0.4, 0.5) is 4.39 Å². The molecule has 45 heavy (non-hydrogen) atoms. The fourth-order valence-corrected chi connectivity index (χ4v) is 6.97. The topological polar surface area (TPSA) is 79.1 Å². The normalized spacial score (nSPS) is 14.7. The summed E-state index contributed by atoms with van der Waals surface area (Å²) < 4.78 is 33.2. The smallest absolute Gasteiger partial charge is 0.338 e. The molecule has 0 amide bonds. The van der Waals surface area contributed by atoms with Crippen LogP contribution in [0, 0.1) is 5.82 Å². The first-order valence-corrected chi connectivity index (χ1v) is 15.8. The van der Waals surface area contributed by atoms with E-state index in [2.05, 4.69) is 15.9 Å². The maximum Gasteiger partial charge on any atom is 0.338 e. The number of ether oxygens (including phenoxy) is 3. The van der Waals surface area contributed by atoms with Gasteiger partial charge in [0.05, 0.1) is 34.0 Å². The number of rotatable bonds is 8. The Balaban J connectivity index is 1.45. The molecule has 10 heteroatoms. The monoisotopic (exact) mass is 686 g/mol. The lowest BCUT2D eigenvalue weighted by molar-refractivity contribution is -0.139. The minimum Gasteiger partial charge on any atom is -0.496 e. The van der Waals surface area contributed by atoms with Crippen molar-refractivity contribution in [1.82, 2.24) is 4.57 Å². The van der Waals surface area contributed by atoms with Gasteiger partial charge in [-0.3, -0.25) is 9.36 Å². The number of allylic oxidation sites excluding steroid dienone is 1. The van der Waals surface area contributed by atoms with E-state index in [1.54, 1.807) is 43.7 Å². The highest BCUT2D eigenvalue weighted by atomic mass is 79.9. The number of thiazole rings is 1. The minimum absolute atomic E-state index is 0.178. The molecule has 0 saturated heterocycles. The number of methoxy groups -OCH3 is 1. The Kier molecular flexibility index (Phi) is 8.69. The lowest BCUT2D eigenvalue weighted by atomic mass is 9.90. The third-order valence-electron chi connectivity index (χ3n) is 7.50. The minimum atomic E-state index is -0.822. The molecule has 0 spiro atoms. The van der Waals surface area contributed by atoms with E-state index in [0.29, 0.717) is 36.6 Å². The molecule has 228 valence electrons. The average Bonchev–Trinajstić information content (AvgIpc) is 3.34. The summed E-state index contributed by atoms with van der Waals surface area (Å²) in [6.07, 6.45) is 1.79. The van der Waals surface area contributed by atoms with E-state index in [9.17, 15) is 14.0 Å². The summed E-state index contributed by atoms with van der Waals surface area (Å²) in [7, 11) is 1.57. The van der Waals surface area contributed by atoms with E-state index >= 15 is 0 Å². The maximum atomic E-state index is 14.2. The summed E-state index contributed by atoms with van der Waals surface area (Å²) in [6.45, 7) is 3.96. The van der Waals surface area contributed by atoms with Crippen molar-refractivity contribution in [2.24, 2.45) is 4.99 Å². The zero-order valence-corrected chi connectivity index (χ0v) is 27.1. The molecule has 0 unspecified atom stereocenters. The zero-order chi connectivity index (χ0) is 31.7. The van der Waals surface area contributed by atoms with Crippen molar-refractivity contribution in [3.8, 4) is 11.5 Å². The highest BCUT2D eigenvalue weighted by molar-refractivity contribution is 9.10. The quantitative estimate of drug-likeness (QED) is 0.176. The van der Waals surface area contributed by atoms with E-state index in [1.165, 1.54) is 23.5 Å². The van der Waals surface area contributed by atoms with Gasteiger partial charge in [-0.25, -0.2) is 14.2 Å². The molecule has 0 fully saturated rings. The van der Waals surface area contributed by atoms with Crippen LogP contribution in [-0.4, -0.2) is 24.3 Å². The van der Waals surface area contributed by atoms with Crippen LogP contribution in [0.3, 0.4) is 0 Å². The summed E-state index contributed by atoms with van der Waals surface area (Å²) in [5, 5.41) is 1.80. The Morgan fingerprint density at radius 1 is 1.07 bits per heavy atom. The Labute approximate surface area is 270 Å². The lowest BCUT2D eigenvalue weighted by Gasteiger charge is -2.27. The number of hydrogen-bond acceptors (Lipinski definition) is 7. The molecule has 6 rings (SSSR count). The van der Waals surface area contributed by atoms with Gasteiger partial charge in [0.15, 0.2) is 4.80 Å². The number of halogens is 2. The van der Waals surface area contributed by atoms with E-state index in [0.717, 1.165) is 21.9 Å². The molecule has 5 aromatic rings. The molecule has 0 N–H and O–H groups in total. The summed E-state index contributed by atoms with van der Waals surface area (Å²) in [6, 6.07) is 22.4. The van der Waals surface area contributed by atoms with Gasteiger partial charge in [-0.2, -0.15) is 0 Å². The van der Waals surface area contributed by atoms with Crippen molar-refractivity contribution in [2.75, 3.05) is 13.7 Å². The predicted octanol–water partition coefficient (Wildman–Crippen LogP) is 6.44. The van der Waals surface area contributed by atoms with Gasteiger partial charge in [-0.05, 0) is 88.1 Å². The second-order valence-corrected chi connectivity index (χ2v) is 12.2. The Morgan fingerprint density at radius 2 is 1.82 bits per heavy atom. The van der Waals surface area contributed by atoms with E-state index in [-0.39, 0.29) is 30.2 Å². The van der Waals surface area contributed by atoms with Crippen LogP contribution >= 0.6 is 27.3 Å². The standard InChI is InChI=1S/C35H28BrFN2O5S/c1-4-43-34(41)30-20(2)38-35-39(32(30)31-25-8-6-5-7-23(25)12-16-28(31)42-3)33(40)29(45-35)18-22-11-15-27(26(36)17-22)44-19-21-9-13-24(37)14-10-21/h5-18,32H,4,19H2,1-3H3/b29-18-/t32-/m0/s1. The van der Waals surface area contributed by atoms with Crippen LogP contribution in [-0.2, 0) is 16.1 Å². The van der Waals surface area contributed by atoms with Crippen molar-refractivity contribution in [3.63, 3.8) is 0 Å². The molecule has 7 nitrogen and oxygen atoms in total. The molecule has 0 bridgehead atoms. The molecule has 1 aliphatic heterocycles. The zero-order valence-electron chi connectivity index (χ0n) is 24.7. The van der Waals surface area contributed by atoms with Crippen molar-refractivity contribution in [2.45, 2.75) is 26.5 Å². The van der Waals surface area contributed by atoms with Gasteiger partial charge in [-0.1, -0.05) is 59.9 Å². The number of aromatic nitrogens is 1. The summed E-state index contributed by atoms with van der Waals surface area (Å²) in [5.74, 6) is 0.318. The van der Waals surface area contributed by atoms with Gasteiger partial charge in [0.1, 0.15) is 30.0 Å². The predicted molar refractivity (Wildman–Crippen MR) is 176 cm³/mol. The Hall–Kier alpha value is -4.54. The highest BCUT2D eigenvalue weighted by Gasteiger charge is 2.36.